The van der Waals surface area contributed by atoms with Crippen LogP contribution in [0, 0.1) is 5.92 Å². The van der Waals surface area contributed by atoms with E-state index in [1.807, 2.05) is 18.5 Å². The molecule has 18 heavy (non-hydrogen) atoms. The van der Waals surface area contributed by atoms with Crippen molar-refractivity contribution in [2.45, 2.75) is 32.7 Å². The number of hydrogen-bond donors (Lipinski definition) is 1. The van der Waals surface area contributed by atoms with Crippen molar-refractivity contribution >= 4 is 0 Å². The van der Waals surface area contributed by atoms with Gasteiger partial charge in [-0.25, -0.2) is 0 Å². The van der Waals surface area contributed by atoms with Crippen LogP contribution in [0.2, 0.25) is 0 Å². The Hall–Kier alpha value is -0.930. The fourth-order valence-corrected chi connectivity index (χ4v) is 2.45. The maximum atomic E-state index is 4.12. The second kappa shape index (κ2) is 7.49. The normalized spacial score (nSPS) is 18.1. The molecule has 2 heterocycles. The van der Waals surface area contributed by atoms with Gasteiger partial charge in [-0.05, 0) is 63.0 Å². The lowest BCUT2D eigenvalue weighted by Gasteiger charge is -2.30. The second-order valence-corrected chi connectivity index (χ2v) is 5.42. The average Bonchev–Trinajstić information content (AvgIpc) is 2.42. The predicted octanol–water partition coefficient (Wildman–Crippen LogP) is 2.29. The molecule has 1 aliphatic heterocycles. The molecule has 0 unspecified atom stereocenters. The van der Waals surface area contributed by atoms with Crippen molar-refractivity contribution in [2.24, 2.45) is 5.92 Å². The zero-order chi connectivity index (χ0) is 12.6. The predicted molar refractivity (Wildman–Crippen MR) is 75.4 cm³/mol. The lowest BCUT2D eigenvalue weighted by Crippen LogP contribution is -2.34. The summed E-state index contributed by atoms with van der Waals surface area (Å²) in [6.07, 6.45) is 7.75. The van der Waals surface area contributed by atoms with Crippen LogP contribution in [0.4, 0.5) is 0 Å². The van der Waals surface area contributed by atoms with E-state index in [4.69, 9.17) is 0 Å². The number of likely N-dealkylation sites (tertiary alicyclic amines) is 1. The first-order valence-corrected chi connectivity index (χ1v) is 7.16. The Balaban J connectivity index is 1.51. The zero-order valence-electron chi connectivity index (χ0n) is 11.4. The summed E-state index contributed by atoms with van der Waals surface area (Å²) >= 11 is 0. The summed E-state index contributed by atoms with van der Waals surface area (Å²) < 4.78 is 0. The minimum Gasteiger partial charge on any atom is -0.313 e. The summed E-state index contributed by atoms with van der Waals surface area (Å²) in [4.78, 5) is 6.72. The van der Waals surface area contributed by atoms with Gasteiger partial charge in [-0.15, -0.1) is 0 Å². The van der Waals surface area contributed by atoms with Crippen LogP contribution < -0.4 is 5.32 Å². The molecule has 2 rings (SSSR count). The van der Waals surface area contributed by atoms with Gasteiger partial charge in [-0.2, -0.15) is 0 Å². The topological polar surface area (TPSA) is 28.2 Å². The lowest BCUT2D eigenvalue weighted by atomic mass is 9.99. The average molecular weight is 247 g/mol. The van der Waals surface area contributed by atoms with E-state index in [9.17, 15) is 0 Å². The van der Waals surface area contributed by atoms with Crippen molar-refractivity contribution in [3.8, 4) is 0 Å². The van der Waals surface area contributed by atoms with Crippen molar-refractivity contribution < 1.29 is 0 Å². The molecule has 0 bridgehead atoms. The van der Waals surface area contributed by atoms with Crippen LogP contribution in [-0.4, -0.2) is 36.1 Å². The summed E-state index contributed by atoms with van der Waals surface area (Å²) in [7, 11) is 0. The van der Waals surface area contributed by atoms with E-state index in [-0.39, 0.29) is 0 Å². The summed E-state index contributed by atoms with van der Waals surface area (Å²) in [6, 6.07) is 4.11. The monoisotopic (exact) mass is 247 g/mol. The van der Waals surface area contributed by atoms with E-state index < -0.39 is 0 Å². The fraction of sp³-hybridized carbons (Fsp3) is 0.667. The van der Waals surface area contributed by atoms with Crippen molar-refractivity contribution in [1.82, 2.24) is 15.2 Å². The molecule has 3 heteroatoms. The molecule has 1 aromatic heterocycles. The van der Waals surface area contributed by atoms with Gasteiger partial charge in [0.15, 0.2) is 0 Å². The molecule has 1 fully saturated rings. The smallest absolute Gasteiger partial charge is 0.0312 e. The fourth-order valence-electron chi connectivity index (χ4n) is 2.45. The first kappa shape index (κ1) is 13.5. The molecular weight excluding hydrogens is 222 g/mol. The van der Waals surface area contributed by atoms with E-state index in [2.05, 4.69) is 28.2 Å². The first-order chi connectivity index (χ1) is 8.84. The van der Waals surface area contributed by atoms with Crippen LogP contribution in [0.5, 0.6) is 0 Å². The van der Waals surface area contributed by atoms with E-state index in [1.165, 1.54) is 44.5 Å². The van der Waals surface area contributed by atoms with Crippen molar-refractivity contribution in [2.75, 3.05) is 26.2 Å². The molecule has 1 aromatic rings. The summed E-state index contributed by atoms with van der Waals surface area (Å²) in [5, 5.41) is 3.48. The summed E-state index contributed by atoms with van der Waals surface area (Å²) in [5.74, 6) is 0.935. The molecule has 0 spiro atoms. The highest BCUT2D eigenvalue weighted by molar-refractivity contribution is 5.07. The van der Waals surface area contributed by atoms with Crippen LogP contribution in [-0.2, 0) is 6.54 Å². The maximum absolute atomic E-state index is 4.12. The van der Waals surface area contributed by atoms with Crippen LogP contribution >= 0.6 is 0 Å². The number of nitrogens with one attached hydrogen (secondary N) is 1. The van der Waals surface area contributed by atoms with Gasteiger partial charge in [0.25, 0.3) is 0 Å². The quantitative estimate of drug-likeness (QED) is 0.782. The molecule has 0 aromatic carbocycles. The van der Waals surface area contributed by atoms with Crippen molar-refractivity contribution in [3.05, 3.63) is 30.1 Å². The lowest BCUT2D eigenvalue weighted by molar-refractivity contribution is 0.190. The minimum absolute atomic E-state index is 0.935. The molecule has 1 N–H and O–H groups in total. The van der Waals surface area contributed by atoms with Gasteiger partial charge in [-0.1, -0.05) is 13.0 Å². The van der Waals surface area contributed by atoms with Crippen molar-refractivity contribution in [1.29, 1.82) is 0 Å². The van der Waals surface area contributed by atoms with Crippen LogP contribution in [0.3, 0.4) is 0 Å². The van der Waals surface area contributed by atoms with E-state index in [0.717, 1.165) is 19.0 Å². The van der Waals surface area contributed by atoms with E-state index in [0.29, 0.717) is 0 Å². The SMILES string of the molecule is CC1CCN(CCCNCc2cccnc2)CC1. The first-order valence-electron chi connectivity index (χ1n) is 7.16. The number of pyridine rings is 1. The van der Waals surface area contributed by atoms with Gasteiger partial charge >= 0.3 is 0 Å². The molecule has 1 aliphatic rings. The van der Waals surface area contributed by atoms with Crippen LogP contribution in [0.1, 0.15) is 31.7 Å². The zero-order valence-corrected chi connectivity index (χ0v) is 11.4. The highest BCUT2D eigenvalue weighted by Crippen LogP contribution is 2.15. The van der Waals surface area contributed by atoms with Gasteiger partial charge < -0.3 is 10.2 Å². The van der Waals surface area contributed by atoms with Gasteiger partial charge in [0.05, 0.1) is 0 Å². The van der Waals surface area contributed by atoms with Gasteiger partial charge in [0.1, 0.15) is 0 Å². The molecule has 0 aliphatic carbocycles. The standard InChI is InChI=1S/C15H25N3/c1-14-5-10-18(11-6-14)9-3-8-17-13-15-4-2-7-16-12-15/h2,4,7,12,14,17H,3,5-6,8-11,13H2,1H3. The highest BCUT2D eigenvalue weighted by atomic mass is 15.1. The number of nitrogens with zero attached hydrogens (tertiary/aromatic N) is 2. The molecular formula is C15H25N3. The maximum Gasteiger partial charge on any atom is 0.0312 e. The Kier molecular flexibility index (Phi) is 5.62. The Morgan fingerprint density at radius 2 is 2.22 bits per heavy atom. The van der Waals surface area contributed by atoms with E-state index >= 15 is 0 Å². The van der Waals surface area contributed by atoms with Gasteiger partial charge in [-0.3, -0.25) is 4.98 Å². The Morgan fingerprint density at radius 1 is 1.39 bits per heavy atom. The molecule has 0 amide bonds. The van der Waals surface area contributed by atoms with Crippen molar-refractivity contribution in [3.63, 3.8) is 0 Å². The van der Waals surface area contributed by atoms with Crippen LogP contribution in [0.25, 0.3) is 0 Å². The Bertz CT molecular complexity index is 318. The third-order valence-electron chi connectivity index (χ3n) is 3.76. The van der Waals surface area contributed by atoms with Gasteiger partial charge in [0.2, 0.25) is 0 Å². The third-order valence-corrected chi connectivity index (χ3v) is 3.76. The molecule has 3 nitrogen and oxygen atoms in total. The summed E-state index contributed by atoms with van der Waals surface area (Å²) in [6.45, 7) is 8.24. The van der Waals surface area contributed by atoms with Gasteiger partial charge in [0, 0.05) is 18.9 Å². The second-order valence-electron chi connectivity index (χ2n) is 5.42. The number of piperidine rings is 1. The molecule has 0 saturated carbocycles. The Labute approximate surface area is 111 Å². The minimum atomic E-state index is 0.935. The Morgan fingerprint density at radius 3 is 2.94 bits per heavy atom. The number of aromatic nitrogens is 1. The number of hydrogen-bond acceptors (Lipinski definition) is 3. The number of rotatable bonds is 6. The molecule has 0 atom stereocenters. The van der Waals surface area contributed by atoms with Crippen LogP contribution in [0.15, 0.2) is 24.5 Å². The molecule has 1 saturated heterocycles. The molecule has 0 radical (unpaired) electrons. The largest absolute Gasteiger partial charge is 0.313 e. The van der Waals surface area contributed by atoms with E-state index in [1.54, 1.807) is 0 Å². The highest BCUT2D eigenvalue weighted by Gasteiger charge is 2.14. The third kappa shape index (κ3) is 4.75. The molecule has 100 valence electrons. The summed E-state index contributed by atoms with van der Waals surface area (Å²) in [5.41, 5.74) is 1.27.